The number of anilines is 1. The Balaban J connectivity index is 1.39. The van der Waals surface area contributed by atoms with Crippen LogP contribution in [-0.2, 0) is 14.4 Å². The summed E-state index contributed by atoms with van der Waals surface area (Å²) in [5.41, 5.74) is 1.40. The molecule has 0 radical (unpaired) electrons. The molecule has 3 amide bonds. The standard InChI is InChI=1S/C26H25BrN2O4/c1-2-33-20-11-9-19(10-12-20)28-22(30)14-21(15-5-7-18(27)8-6-15)29-25(31)23-16-3-4-17(13-16)24(23)26(29)32/h3-12,16-17,21,23-24H,2,13-14H2,1H3,(H,28,30). The zero-order chi connectivity index (χ0) is 23.1. The van der Waals surface area contributed by atoms with Crippen molar-refractivity contribution >= 4 is 39.3 Å². The van der Waals surface area contributed by atoms with Gasteiger partial charge in [-0.05, 0) is 67.1 Å². The van der Waals surface area contributed by atoms with E-state index in [4.69, 9.17) is 4.74 Å². The molecule has 1 N–H and O–H groups in total. The lowest BCUT2D eigenvalue weighted by Crippen LogP contribution is -2.38. The second-order valence-corrected chi connectivity index (χ2v) is 9.74. The number of fused-ring (bicyclic) bond motifs is 5. The van der Waals surface area contributed by atoms with Gasteiger partial charge in [-0.1, -0.05) is 40.2 Å². The number of nitrogens with one attached hydrogen (secondary N) is 1. The van der Waals surface area contributed by atoms with E-state index in [-0.39, 0.29) is 47.8 Å². The van der Waals surface area contributed by atoms with Crippen LogP contribution >= 0.6 is 15.9 Å². The highest BCUT2D eigenvalue weighted by Crippen LogP contribution is 2.54. The highest BCUT2D eigenvalue weighted by Gasteiger charge is 2.60. The van der Waals surface area contributed by atoms with Crippen molar-refractivity contribution in [3.63, 3.8) is 0 Å². The lowest BCUT2D eigenvalue weighted by Gasteiger charge is -2.28. The highest BCUT2D eigenvalue weighted by atomic mass is 79.9. The summed E-state index contributed by atoms with van der Waals surface area (Å²) in [5.74, 6) is -0.155. The second kappa shape index (κ2) is 8.78. The monoisotopic (exact) mass is 508 g/mol. The van der Waals surface area contributed by atoms with Gasteiger partial charge in [0, 0.05) is 10.2 Å². The topological polar surface area (TPSA) is 75.7 Å². The number of carbonyl (C=O) groups excluding carboxylic acids is 3. The number of nitrogens with zero attached hydrogens (tertiary/aromatic N) is 1. The number of ether oxygens (including phenoxy) is 1. The third-order valence-corrected chi connectivity index (χ3v) is 7.43. The summed E-state index contributed by atoms with van der Waals surface area (Å²) in [6.45, 7) is 2.48. The van der Waals surface area contributed by atoms with E-state index in [0.29, 0.717) is 12.3 Å². The molecule has 5 rings (SSSR count). The van der Waals surface area contributed by atoms with Crippen molar-refractivity contribution in [3.05, 3.63) is 70.7 Å². The maximum absolute atomic E-state index is 13.4. The largest absolute Gasteiger partial charge is 0.494 e. The van der Waals surface area contributed by atoms with E-state index in [1.54, 1.807) is 24.3 Å². The zero-order valence-electron chi connectivity index (χ0n) is 18.2. The Bertz CT molecular complexity index is 1080. The molecule has 2 bridgehead atoms. The summed E-state index contributed by atoms with van der Waals surface area (Å²) in [7, 11) is 0. The molecule has 2 aliphatic carbocycles. The average Bonchev–Trinajstić information content (AvgIpc) is 3.48. The number of hydrogen-bond acceptors (Lipinski definition) is 4. The Morgan fingerprint density at radius 1 is 1.03 bits per heavy atom. The predicted octanol–water partition coefficient (Wildman–Crippen LogP) is 4.72. The first kappa shape index (κ1) is 21.9. The molecule has 170 valence electrons. The Morgan fingerprint density at radius 2 is 1.64 bits per heavy atom. The van der Waals surface area contributed by atoms with Gasteiger partial charge in [-0.3, -0.25) is 19.3 Å². The number of rotatable bonds is 7. The van der Waals surface area contributed by atoms with E-state index < -0.39 is 6.04 Å². The Morgan fingerprint density at radius 3 is 2.21 bits per heavy atom. The lowest BCUT2D eigenvalue weighted by atomic mass is 9.85. The SMILES string of the molecule is CCOc1ccc(NC(=O)CC(c2ccc(Br)cc2)N2C(=O)C3C4C=CC(C4)C3C2=O)cc1. The van der Waals surface area contributed by atoms with E-state index in [9.17, 15) is 14.4 Å². The molecule has 1 heterocycles. The minimum absolute atomic E-state index is 0.00543. The van der Waals surface area contributed by atoms with Crippen LogP contribution in [0.25, 0.3) is 0 Å². The van der Waals surface area contributed by atoms with E-state index in [1.165, 1.54) is 4.90 Å². The molecule has 5 atom stereocenters. The molecule has 0 aromatic heterocycles. The zero-order valence-corrected chi connectivity index (χ0v) is 19.8. The van der Waals surface area contributed by atoms with Gasteiger partial charge >= 0.3 is 0 Å². The number of allylic oxidation sites excluding steroid dienone is 2. The smallest absolute Gasteiger partial charge is 0.234 e. The van der Waals surface area contributed by atoms with Crippen LogP contribution in [0.2, 0.25) is 0 Å². The van der Waals surface area contributed by atoms with E-state index in [2.05, 4.69) is 33.4 Å². The molecule has 1 saturated carbocycles. The molecule has 2 fully saturated rings. The number of carbonyl (C=O) groups is 3. The summed E-state index contributed by atoms with van der Waals surface area (Å²) < 4.78 is 6.34. The average molecular weight is 509 g/mol. The van der Waals surface area contributed by atoms with Crippen molar-refractivity contribution in [1.29, 1.82) is 0 Å². The highest BCUT2D eigenvalue weighted by molar-refractivity contribution is 9.10. The molecule has 5 unspecified atom stereocenters. The first-order valence-corrected chi connectivity index (χ1v) is 12.1. The summed E-state index contributed by atoms with van der Waals surface area (Å²) in [5, 5.41) is 2.89. The second-order valence-electron chi connectivity index (χ2n) is 8.82. The van der Waals surface area contributed by atoms with Gasteiger partial charge in [0.1, 0.15) is 5.75 Å². The van der Waals surface area contributed by atoms with E-state index >= 15 is 0 Å². The molecule has 33 heavy (non-hydrogen) atoms. The fraction of sp³-hybridized carbons (Fsp3) is 0.346. The quantitative estimate of drug-likeness (QED) is 0.433. The molecule has 0 spiro atoms. The molecular weight excluding hydrogens is 484 g/mol. The number of hydrogen-bond donors (Lipinski definition) is 1. The molecule has 2 aromatic carbocycles. The Labute approximate surface area is 201 Å². The van der Waals surface area contributed by atoms with Crippen molar-refractivity contribution < 1.29 is 19.1 Å². The first-order chi connectivity index (χ1) is 16.0. The van der Waals surface area contributed by atoms with Crippen LogP contribution in [0.5, 0.6) is 5.75 Å². The fourth-order valence-electron chi connectivity index (χ4n) is 5.46. The van der Waals surface area contributed by atoms with Crippen LogP contribution in [-0.4, -0.2) is 29.2 Å². The van der Waals surface area contributed by atoms with Crippen LogP contribution in [0.15, 0.2) is 65.2 Å². The summed E-state index contributed by atoms with van der Waals surface area (Å²) in [4.78, 5) is 41.2. The molecule has 7 heteroatoms. The van der Waals surface area contributed by atoms with Gasteiger partial charge in [-0.15, -0.1) is 0 Å². The van der Waals surface area contributed by atoms with Gasteiger partial charge in [0.05, 0.1) is 30.9 Å². The summed E-state index contributed by atoms with van der Waals surface area (Å²) >= 11 is 3.43. The third-order valence-electron chi connectivity index (χ3n) is 6.90. The Kier molecular flexibility index (Phi) is 5.83. The van der Waals surface area contributed by atoms with Crippen LogP contribution in [0, 0.1) is 23.7 Å². The Hall–Kier alpha value is -2.93. The number of halogens is 1. The predicted molar refractivity (Wildman–Crippen MR) is 127 cm³/mol. The third kappa shape index (κ3) is 3.99. The maximum atomic E-state index is 13.4. The van der Waals surface area contributed by atoms with Crippen molar-refractivity contribution in [2.45, 2.75) is 25.8 Å². The molecular formula is C26H25BrN2O4. The van der Waals surface area contributed by atoms with Crippen LogP contribution in [0.3, 0.4) is 0 Å². The minimum Gasteiger partial charge on any atom is -0.494 e. The maximum Gasteiger partial charge on any atom is 0.234 e. The summed E-state index contributed by atoms with van der Waals surface area (Å²) in [6.07, 6.45) is 5.03. The fourth-order valence-corrected chi connectivity index (χ4v) is 5.73. The van der Waals surface area contributed by atoms with E-state index in [1.807, 2.05) is 31.2 Å². The molecule has 2 aromatic rings. The van der Waals surface area contributed by atoms with Crippen LogP contribution in [0.1, 0.15) is 31.4 Å². The number of imide groups is 1. The van der Waals surface area contributed by atoms with Crippen molar-refractivity contribution in [3.8, 4) is 5.75 Å². The van der Waals surface area contributed by atoms with E-state index in [0.717, 1.165) is 22.2 Å². The summed E-state index contributed by atoms with van der Waals surface area (Å²) in [6, 6.07) is 13.9. The molecule has 3 aliphatic rings. The van der Waals surface area contributed by atoms with Gasteiger partial charge in [0.25, 0.3) is 0 Å². The van der Waals surface area contributed by atoms with Crippen molar-refractivity contribution in [2.75, 3.05) is 11.9 Å². The van der Waals surface area contributed by atoms with Crippen LogP contribution in [0.4, 0.5) is 5.69 Å². The number of benzene rings is 2. The van der Waals surface area contributed by atoms with Gasteiger partial charge in [-0.25, -0.2) is 0 Å². The number of likely N-dealkylation sites (tertiary alicyclic amines) is 1. The lowest BCUT2D eigenvalue weighted by molar-refractivity contribution is -0.144. The molecule has 6 nitrogen and oxygen atoms in total. The number of amides is 3. The van der Waals surface area contributed by atoms with Crippen LogP contribution < -0.4 is 10.1 Å². The van der Waals surface area contributed by atoms with Gasteiger partial charge in [-0.2, -0.15) is 0 Å². The molecule has 1 saturated heterocycles. The van der Waals surface area contributed by atoms with Crippen molar-refractivity contribution in [1.82, 2.24) is 4.90 Å². The normalized spacial score (nSPS) is 25.9. The minimum atomic E-state index is -0.647. The van der Waals surface area contributed by atoms with Gasteiger partial charge in [0.15, 0.2) is 0 Å². The van der Waals surface area contributed by atoms with Gasteiger partial charge in [0.2, 0.25) is 17.7 Å². The van der Waals surface area contributed by atoms with Gasteiger partial charge < -0.3 is 10.1 Å². The van der Waals surface area contributed by atoms with Crippen molar-refractivity contribution in [2.24, 2.45) is 23.7 Å². The molecule has 1 aliphatic heterocycles. The first-order valence-electron chi connectivity index (χ1n) is 11.3.